The molecular formula is C19H17N3O3S. The van der Waals surface area contributed by atoms with Crippen LogP contribution in [0, 0.1) is 24.0 Å². The molecule has 1 fully saturated rings. The number of rotatable bonds is 4. The van der Waals surface area contributed by atoms with E-state index in [1.165, 1.54) is 35.0 Å². The zero-order chi connectivity index (χ0) is 18.7. The molecule has 2 aromatic carbocycles. The summed E-state index contributed by atoms with van der Waals surface area (Å²) in [6, 6.07) is 12.5. The molecular weight excluding hydrogens is 350 g/mol. The van der Waals surface area contributed by atoms with Gasteiger partial charge in [0, 0.05) is 6.07 Å². The lowest BCUT2D eigenvalue weighted by Gasteiger charge is -2.02. The second-order valence-corrected chi connectivity index (χ2v) is 7.03. The number of carbonyl (C=O) groups excluding carboxylic acids is 1. The van der Waals surface area contributed by atoms with Crippen LogP contribution in [0.4, 0.5) is 5.69 Å². The number of thioether (sulfide) groups is 1. The summed E-state index contributed by atoms with van der Waals surface area (Å²) in [6.07, 6.45) is 1.53. The number of carbonyl (C=O) groups is 1. The molecule has 1 saturated heterocycles. The Morgan fingerprint density at radius 2 is 1.88 bits per heavy atom. The van der Waals surface area contributed by atoms with Crippen LogP contribution >= 0.6 is 11.8 Å². The van der Waals surface area contributed by atoms with Crippen molar-refractivity contribution >= 4 is 34.6 Å². The van der Waals surface area contributed by atoms with Gasteiger partial charge in [0.2, 0.25) is 0 Å². The standard InChI is InChI=1S/C19H17N3O3S/c1-12-7-13(2)9-14(8-12)11-20-19-21-18(23)17(26-19)10-15-5-3-4-6-16(15)22(24)25/h3-10H,11H2,1-2H3,(H,20,21,23)/b17-10-. The predicted octanol–water partition coefficient (Wildman–Crippen LogP) is 3.97. The maximum absolute atomic E-state index is 12.1. The quantitative estimate of drug-likeness (QED) is 0.503. The molecule has 0 saturated carbocycles. The van der Waals surface area contributed by atoms with Crippen LogP contribution in [-0.4, -0.2) is 16.0 Å². The number of nitro benzene ring substituents is 1. The van der Waals surface area contributed by atoms with Crippen molar-refractivity contribution in [2.75, 3.05) is 0 Å². The van der Waals surface area contributed by atoms with Gasteiger partial charge in [-0.25, -0.2) is 0 Å². The van der Waals surface area contributed by atoms with Crippen molar-refractivity contribution in [2.45, 2.75) is 20.4 Å². The number of nitrogens with zero attached hydrogens (tertiary/aromatic N) is 2. The Kier molecular flexibility index (Phi) is 5.18. The Balaban J connectivity index is 1.79. The maximum Gasteiger partial charge on any atom is 0.276 e. The fourth-order valence-corrected chi connectivity index (χ4v) is 3.55. The van der Waals surface area contributed by atoms with E-state index in [9.17, 15) is 14.9 Å². The molecule has 0 atom stereocenters. The number of amides is 1. The van der Waals surface area contributed by atoms with Gasteiger partial charge in [0.25, 0.3) is 11.6 Å². The molecule has 1 heterocycles. The van der Waals surface area contributed by atoms with Gasteiger partial charge in [0.05, 0.1) is 21.9 Å². The van der Waals surface area contributed by atoms with Gasteiger partial charge >= 0.3 is 0 Å². The number of aryl methyl sites for hydroxylation is 2. The lowest BCUT2D eigenvalue weighted by molar-refractivity contribution is -0.385. The highest BCUT2D eigenvalue weighted by atomic mass is 32.2. The van der Waals surface area contributed by atoms with Crippen LogP contribution in [0.25, 0.3) is 6.08 Å². The second kappa shape index (κ2) is 7.53. The van der Waals surface area contributed by atoms with Crippen LogP contribution in [0.15, 0.2) is 52.4 Å². The summed E-state index contributed by atoms with van der Waals surface area (Å²) in [5, 5.41) is 14.3. The molecule has 0 aromatic heterocycles. The molecule has 1 amide bonds. The lowest BCUT2D eigenvalue weighted by atomic mass is 10.1. The summed E-state index contributed by atoms with van der Waals surface area (Å²) < 4.78 is 0. The smallest absolute Gasteiger partial charge is 0.276 e. The monoisotopic (exact) mass is 367 g/mol. The van der Waals surface area contributed by atoms with Gasteiger partial charge in [0.1, 0.15) is 0 Å². The summed E-state index contributed by atoms with van der Waals surface area (Å²) in [5.74, 6) is -0.299. The van der Waals surface area contributed by atoms with Gasteiger partial charge in [-0.1, -0.05) is 41.5 Å². The van der Waals surface area contributed by atoms with Crippen molar-refractivity contribution in [1.29, 1.82) is 0 Å². The molecule has 2 aromatic rings. The third-order valence-corrected chi connectivity index (χ3v) is 4.71. The minimum Gasteiger partial charge on any atom is -0.301 e. The van der Waals surface area contributed by atoms with Crippen molar-refractivity contribution in [3.05, 3.63) is 79.7 Å². The van der Waals surface area contributed by atoms with E-state index < -0.39 is 4.92 Å². The highest BCUT2D eigenvalue weighted by molar-refractivity contribution is 8.18. The minimum atomic E-state index is -0.459. The SMILES string of the molecule is Cc1cc(C)cc(CN=C2NC(=O)/C(=C/c3ccccc3[N+](=O)[O-])S2)c1. The van der Waals surface area contributed by atoms with Crippen LogP contribution in [-0.2, 0) is 11.3 Å². The van der Waals surface area contributed by atoms with Crippen molar-refractivity contribution < 1.29 is 9.72 Å². The van der Waals surface area contributed by atoms with E-state index in [0.29, 0.717) is 22.2 Å². The molecule has 6 nitrogen and oxygen atoms in total. The van der Waals surface area contributed by atoms with Crippen LogP contribution in [0.2, 0.25) is 0 Å². The minimum absolute atomic E-state index is 0.0333. The van der Waals surface area contributed by atoms with Crippen molar-refractivity contribution in [3.63, 3.8) is 0 Å². The number of hydrogen-bond donors (Lipinski definition) is 1. The molecule has 0 spiro atoms. The summed E-state index contributed by atoms with van der Waals surface area (Å²) in [7, 11) is 0. The zero-order valence-corrected chi connectivity index (χ0v) is 15.2. The van der Waals surface area contributed by atoms with E-state index in [2.05, 4.69) is 28.5 Å². The molecule has 0 radical (unpaired) electrons. The van der Waals surface area contributed by atoms with Crippen LogP contribution in [0.5, 0.6) is 0 Å². The van der Waals surface area contributed by atoms with Crippen LogP contribution in [0.1, 0.15) is 22.3 Å². The molecule has 132 valence electrons. The van der Waals surface area contributed by atoms with E-state index in [-0.39, 0.29) is 11.6 Å². The average Bonchev–Trinajstić information content (AvgIpc) is 2.92. The normalized spacial score (nSPS) is 16.9. The molecule has 0 aliphatic carbocycles. The fraction of sp³-hybridized carbons (Fsp3) is 0.158. The number of nitro groups is 1. The summed E-state index contributed by atoms with van der Waals surface area (Å²) in [6.45, 7) is 4.52. The molecule has 1 N–H and O–H groups in total. The third kappa shape index (κ3) is 4.18. The molecule has 3 rings (SSSR count). The van der Waals surface area contributed by atoms with E-state index in [4.69, 9.17) is 0 Å². The van der Waals surface area contributed by atoms with Gasteiger partial charge < -0.3 is 5.32 Å². The van der Waals surface area contributed by atoms with Crippen LogP contribution in [0.3, 0.4) is 0 Å². The predicted molar refractivity (Wildman–Crippen MR) is 104 cm³/mol. The molecule has 1 aliphatic heterocycles. The largest absolute Gasteiger partial charge is 0.301 e. The van der Waals surface area contributed by atoms with Gasteiger partial charge in [-0.15, -0.1) is 0 Å². The first-order valence-corrected chi connectivity index (χ1v) is 8.80. The first-order chi connectivity index (χ1) is 12.4. The van der Waals surface area contributed by atoms with Crippen molar-refractivity contribution in [1.82, 2.24) is 5.32 Å². The van der Waals surface area contributed by atoms with Crippen molar-refractivity contribution in [3.8, 4) is 0 Å². The number of benzene rings is 2. The zero-order valence-electron chi connectivity index (χ0n) is 14.4. The molecule has 26 heavy (non-hydrogen) atoms. The van der Waals surface area contributed by atoms with Crippen molar-refractivity contribution in [2.24, 2.45) is 4.99 Å². The molecule has 1 aliphatic rings. The number of nitrogens with one attached hydrogen (secondary N) is 1. The van der Waals surface area contributed by atoms with Crippen LogP contribution < -0.4 is 5.32 Å². The summed E-state index contributed by atoms with van der Waals surface area (Å²) >= 11 is 1.19. The molecule has 7 heteroatoms. The second-order valence-electron chi connectivity index (χ2n) is 6.00. The third-order valence-electron chi connectivity index (χ3n) is 3.76. The number of amidine groups is 1. The Morgan fingerprint density at radius 3 is 2.58 bits per heavy atom. The highest BCUT2D eigenvalue weighted by Gasteiger charge is 2.24. The van der Waals surface area contributed by atoms with E-state index >= 15 is 0 Å². The topological polar surface area (TPSA) is 84.6 Å². The van der Waals surface area contributed by atoms with E-state index in [1.807, 2.05) is 13.8 Å². The average molecular weight is 367 g/mol. The first-order valence-electron chi connectivity index (χ1n) is 7.98. The van der Waals surface area contributed by atoms with Gasteiger partial charge in [-0.05, 0) is 43.3 Å². The Labute approximate surface area is 155 Å². The summed E-state index contributed by atoms with van der Waals surface area (Å²) in [5.41, 5.74) is 3.77. The number of hydrogen-bond acceptors (Lipinski definition) is 5. The van der Waals surface area contributed by atoms with Gasteiger partial charge in [-0.3, -0.25) is 19.9 Å². The van der Waals surface area contributed by atoms with E-state index in [1.54, 1.807) is 18.2 Å². The van der Waals surface area contributed by atoms with Gasteiger partial charge in [-0.2, -0.15) is 0 Å². The maximum atomic E-state index is 12.1. The number of aliphatic imine (C=N–C) groups is 1. The Hall–Kier alpha value is -2.93. The lowest BCUT2D eigenvalue weighted by Crippen LogP contribution is -2.19. The van der Waals surface area contributed by atoms with E-state index in [0.717, 1.165) is 5.56 Å². The molecule has 0 bridgehead atoms. The Bertz CT molecular complexity index is 931. The first kappa shape index (κ1) is 17.9. The number of para-hydroxylation sites is 1. The van der Waals surface area contributed by atoms with Gasteiger partial charge in [0.15, 0.2) is 5.17 Å². The Morgan fingerprint density at radius 1 is 1.19 bits per heavy atom. The highest BCUT2D eigenvalue weighted by Crippen LogP contribution is 2.29. The summed E-state index contributed by atoms with van der Waals surface area (Å²) in [4.78, 5) is 27.6. The molecule has 0 unspecified atom stereocenters. The fourth-order valence-electron chi connectivity index (χ4n) is 2.74.